The number of halogens is 1. The minimum atomic E-state index is -0.134. The van der Waals surface area contributed by atoms with Gasteiger partial charge in [-0.2, -0.15) is 5.10 Å². The quantitative estimate of drug-likeness (QED) is 0.452. The molecule has 33 heavy (non-hydrogen) atoms. The van der Waals surface area contributed by atoms with Crippen LogP contribution in [0.5, 0.6) is 5.75 Å². The number of nitrogens with zero attached hydrogens (tertiary/aromatic N) is 5. The lowest BCUT2D eigenvalue weighted by molar-refractivity contribution is 0.345. The van der Waals surface area contributed by atoms with Crippen molar-refractivity contribution in [1.29, 1.82) is 0 Å². The molecule has 5 rings (SSSR count). The lowest BCUT2D eigenvalue weighted by Crippen LogP contribution is -2.33. The second kappa shape index (κ2) is 8.98. The van der Waals surface area contributed by atoms with E-state index in [0.717, 1.165) is 60.2 Å². The van der Waals surface area contributed by atoms with E-state index in [9.17, 15) is 0 Å². The SMILES string of the molecule is COc1cc(/C=C/c2nc3n(n2)CCCC32/C=C/C=C\C=C(\Br)C2)ccc1-n1cnc(C)c1. The number of imidazole rings is 1. The highest BCUT2D eigenvalue weighted by molar-refractivity contribution is 9.11. The van der Waals surface area contributed by atoms with Crippen molar-refractivity contribution in [1.82, 2.24) is 24.3 Å². The fourth-order valence-electron chi connectivity index (χ4n) is 4.55. The molecular weight excluding hydrogens is 478 g/mol. The maximum absolute atomic E-state index is 5.63. The summed E-state index contributed by atoms with van der Waals surface area (Å²) in [6, 6.07) is 6.12. The molecule has 3 aromatic rings. The molecule has 1 aliphatic carbocycles. The van der Waals surface area contributed by atoms with Gasteiger partial charge in [-0.3, -0.25) is 0 Å². The van der Waals surface area contributed by atoms with Crippen molar-refractivity contribution in [3.05, 3.63) is 88.5 Å². The summed E-state index contributed by atoms with van der Waals surface area (Å²) >= 11 is 3.73. The maximum Gasteiger partial charge on any atom is 0.174 e. The van der Waals surface area contributed by atoms with Gasteiger partial charge in [-0.15, -0.1) is 0 Å². The number of methoxy groups -OCH3 is 1. The molecule has 0 N–H and O–H groups in total. The van der Waals surface area contributed by atoms with E-state index in [1.807, 2.05) is 42.0 Å². The normalized spacial score (nSPS) is 23.5. The summed E-state index contributed by atoms with van der Waals surface area (Å²) in [5.41, 5.74) is 2.81. The molecule has 1 unspecified atom stereocenters. The summed E-state index contributed by atoms with van der Waals surface area (Å²) in [5, 5.41) is 4.79. The first-order valence-corrected chi connectivity index (χ1v) is 11.9. The maximum atomic E-state index is 5.63. The zero-order valence-electron chi connectivity index (χ0n) is 18.8. The smallest absolute Gasteiger partial charge is 0.174 e. The minimum Gasteiger partial charge on any atom is -0.495 e. The van der Waals surface area contributed by atoms with Crippen LogP contribution >= 0.6 is 15.9 Å². The molecule has 0 radical (unpaired) electrons. The van der Waals surface area contributed by atoms with Gasteiger partial charge in [-0.25, -0.2) is 14.6 Å². The molecule has 0 saturated carbocycles. The molecular formula is C26H26BrN5O. The van der Waals surface area contributed by atoms with Gasteiger partial charge >= 0.3 is 0 Å². The number of hydrogen-bond acceptors (Lipinski definition) is 4. The molecule has 3 heterocycles. The Hall–Kier alpha value is -3.19. The van der Waals surface area contributed by atoms with Crippen molar-refractivity contribution in [2.24, 2.45) is 0 Å². The zero-order valence-corrected chi connectivity index (χ0v) is 20.4. The predicted molar refractivity (Wildman–Crippen MR) is 135 cm³/mol. The molecule has 168 valence electrons. The Kier molecular flexibility index (Phi) is 5.89. The largest absolute Gasteiger partial charge is 0.495 e. The van der Waals surface area contributed by atoms with Crippen molar-refractivity contribution >= 4 is 28.1 Å². The number of rotatable bonds is 4. The number of benzene rings is 1. The number of aryl methyl sites for hydroxylation is 2. The third kappa shape index (κ3) is 4.37. The molecule has 1 atom stereocenters. The van der Waals surface area contributed by atoms with E-state index in [1.165, 1.54) is 4.48 Å². The monoisotopic (exact) mass is 503 g/mol. The molecule has 6 nitrogen and oxygen atoms in total. The second-order valence-electron chi connectivity index (χ2n) is 8.50. The Morgan fingerprint density at radius 3 is 2.91 bits per heavy atom. The van der Waals surface area contributed by atoms with Crippen molar-refractivity contribution in [2.45, 2.75) is 38.1 Å². The third-order valence-corrected chi connectivity index (χ3v) is 6.69. The van der Waals surface area contributed by atoms with Crippen LogP contribution in [0.3, 0.4) is 0 Å². The molecule has 1 spiro atoms. The Labute approximate surface area is 202 Å². The van der Waals surface area contributed by atoms with E-state index < -0.39 is 0 Å². The van der Waals surface area contributed by atoms with Gasteiger partial charge in [0.25, 0.3) is 0 Å². The fraction of sp³-hybridized carbons (Fsp3) is 0.269. The highest BCUT2D eigenvalue weighted by Gasteiger charge is 2.38. The van der Waals surface area contributed by atoms with Gasteiger partial charge < -0.3 is 9.30 Å². The highest BCUT2D eigenvalue weighted by atomic mass is 79.9. The molecule has 1 aliphatic heterocycles. The van der Waals surface area contributed by atoms with Crippen LogP contribution in [0.2, 0.25) is 0 Å². The number of hydrogen-bond donors (Lipinski definition) is 0. The average molecular weight is 504 g/mol. The molecule has 0 saturated heterocycles. The Balaban J connectivity index is 1.44. The number of aromatic nitrogens is 5. The van der Waals surface area contributed by atoms with Crippen LogP contribution in [0.1, 0.15) is 42.2 Å². The summed E-state index contributed by atoms with van der Waals surface area (Å²) in [6.07, 6.45) is 21.5. The predicted octanol–water partition coefficient (Wildman–Crippen LogP) is 5.78. The van der Waals surface area contributed by atoms with Crippen LogP contribution in [-0.2, 0) is 12.0 Å². The van der Waals surface area contributed by atoms with Gasteiger partial charge in [0.05, 0.1) is 30.2 Å². The van der Waals surface area contributed by atoms with Crippen LogP contribution in [-0.4, -0.2) is 31.4 Å². The average Bonchev–Trinajstić information content (AvgIpc) is 3.42. The number of fused-ring (bicyclic) bond motifs is 2. The molecule has 1 aromatic carbocycles. The van der Waals surface area contributed by atoms with Crippen molar-refractivity contribution < 1.29 is 4.74 Å². The van der Waals surface area contributed by atoms with E-state index in [4.69, 9.17) is 14.8 Å². The molecule has 2 aliphatic rings. The lowest BCUT2D eigenvalue weighted by Gasteiger charge is -2.34. The molecule has 0 fully saturated rings. The first kappa shape index (κ1) is 21.6. The first-order valence-electron chi connectivity index (χ1n) is 11.1. The summed E-state index contributed by atoms with van der Waals surface area (Å²) in [6.45, 7) is 2.87. The van der Waals surface area contributed by atoms with Crippen LogP contribution in [0.4, 0.5) is 0 Å². The summed E-state index contributed by atoms with van der Waals surface area (Å²) in [7, 11) is 1.69. The van der Waals surface area contributed by atoms with E-state index in [-0.39, 0.29) is 5.41 Å². The summed E-state index contributed by atoms with van der Waals surface area (Å²) in [4.78, 5) is 9.27. The van der Waals surface area contributed by atoms with E-state index >= 15 is 0 Å². The Morgan fingerprint density at radius 1 is 1.18 bits per heavy atom. The third-order valence-electron chi connectivity index (χ3n) is 6.14. The van der Waals surface area contributed by atoms with Gasteiger partial charge in [-0.05, 0) is 54.4 Å². The van der Waals surface area contributed by atoms with Crippen LogP contribution < -0.4 is 4.74 Å². The van der Waals surface area contributed by atoms with Crippen LogP contribution in [0, 0.1) is 6.92 Å². The molecule has 7 heteroatoms. The van der Waals surface area contributed by atoms with Gasteiger partial charge in [0.15, 0.2) is 5.82 Å². The van der Waals surface area contributed by atoms with Crippen LogP contribution in [0.25, 0.3) is 17.8 Å². The van der Waals surface area contributed by atoms with Gasteiger partial charge in [0.1, 0.15) is 11.6 Å². The number of ether oxygens (including phenoxy) is 1. The zero-order chi connectivity index (χ0) is 22.8. The lowest BCUT2D eigenvalue weighted by atomic mass is 9.76. The molecule has 2 aromatic heterocycles. The van der Waals surface area contributed by atoms with Crippen LogP contribution in [0.15, 0.2) is 65.6 Å². The van der Waals surface area contributed by atoms with E-state index in [1.54, 1.807) is 13.4 Å². The van der Waals surface area contributed by atoms with E-state index in [0.29, 0.717) is 0 Å². The van der Waals surface area contributed by atoms with Gasteiger partial charge in [0.2, 0.25) is 0 Å². The Bertz CT molecular complexity index is 1300. The highest BCUT2D eigenvalue weighted by Crippen LogP contribution is 2.41. The molecule has 0 amide bonds. The topological polar surface area (TPSA) is 57.8 Å². The number of allylic oxidation sites excluding steroid dienone is 6. The standard InChI is InChI=1S/C26H26BrN5O/c1-19-17-31(18-28-19)22-10-8-20(15-23(22)33-2)9-11-24-29-25-26(13-6-14-32(25)30-24)12-5-3-4-7-21(27)16-26/h3-5,7-12,15,17-18H,6,13-14,16H2,1-2H3/b4-3-,11-9+,12-5+,21-7+. The fourth-order valence-corrected chi connectivity index (χ4v) is 5.21. The van der Waals surface area contributed by atoms with Gasteiger partial charge in [-0.1, -0.05) is 58.5 Å². The first-order chi connectivity index (χ1) is 16.1. The summed E-state index contributed by atoms with van der Waals surface area (Å²) in [5.74, 6) is 2.55. The van der Waals surface area contributed by atoms with Crippen molar-refractivity contribution in [3.63, 3.8) is 0 Å². The van der Waals surface area contributed by atoms with E-state index in [2.05, 4.69) is 62.0 Å². The Morgan fingerprint density at radius 2 is 2.09 bits per heavy atom. The molecule has 0 bridgehead atoms. The van der Waals surface area contributed by atoms with Crippen molar-refractivity contribution in [2.75, 3.05) is 7.11 Å². The minimum absolute atomic E-state index is 0.134. The second-order valence-corrected chi connectivity index (χ2v) is 9.52. The van der Waals surface area contributed by atoms with Crippen molar-refractivity contribution in [3.8, 4) is 11.4 Å². The van der Waals surface area contributed by atoms with Gasteiger partial charge in [0, 0.05) is 12.7 Å². The summed E-state index contributed by atoms with van der Waals surface area (Å²) < 4.78 is 10.9.